The molecule has 0 radical (unpaired) electrons. The number of hydrogen-bond donors (Lipinski definition) is 0. The second kappa shape index (κ2) is 5.48. The van der Waals surface area contributed by atoms with Crippen LogP contribution in [0.1, 0.15) is 0 Å². The molecule has 0 N–H and O–H groups in total. The molecule has 0 aliphatic carbocycles. The zero-order valence-electron chi connectivity index (χ0n) is 10.9. The van der Waals surface area contributed by atoms with Gasteiger partial charge in [-0.25, -0.2) is 4.79 Å². The molecule has 0 unspecified atom stereocenters. The highest BCUT2D eigenvalue weighted by Gasteiger charge is 2.15. The van der Waals surface area contributed by atoms with Crippen LogP contribution in [0.25, 0.3) is 11.1 Å². The Morgan fingerprint density at radius 2 is 1.63 bits per heavy atom. The van der Waals surface area contributed by atoms with Gasteiger partial charge in [-0.05, 0) is 29.8 Å². The Bertz CT molecular complexity index is 605. The third kappa shape index (κ3) is 2.40. The molecule has 5 nitrogen and oxygen atoms in total. The van der Waals surface area contributed by atoms with E-state index in [1.54, 1.807) is 24.3 Å². The van der Waals surface area contributed by atoms with E-state index >= 15 is 0 Å². The maximum Gasteiger partial charge on any atom is 0.343 e. The third-order valence-electron chi connectivity index (χ3n) is 2.71. The molecule has 1 heterocycles. The van der Waals surface area contributed by atoms with Crippen molar-refractivity contribution in [2.24, 2.45) is 0 Å². The van der Waals surface area contributed by atoms with Crippen LogP contribution in [-0.4, -0.2) is 21.3 Å². The number of rotatable bonds is 4. The van der Waals surface area contributed by atoms with E-state index in [1.807, 2.05) is 0 Å². The Labute approximate surface area is 110 Å². The molecule has 0 fully saturated rings. The molecule has 1 aromatic heterocycles. The molecule has 1 aromatic carbocycles. The normalized spacial score (nSPS) is 10.1. The van der Waals surface area contributed by atoms with E-state index in [1.165, 1.54) is 27.6 Å². The summed E-state index contributed by atoms with van der Waals surface area (Å²) >= 11 is 0. The fourth-order valence-corrected chi connectivity index (χ4v) is 1.82. The van der Waals surface area contributed by atoms with Crippen molar-refractivity contribution in [2.75, 3.05) is 21.3 Å². The second-order valence-electron chi connectivity index (χ2n) is 3.73. The molecular weight excluding hydrogens is 248 g/mol. The first-order valence-electron chi connectivity index (χ1n) is 5.59. The Morgan fingerprint density at radius 3 is 2.11 bits per heavy atom. The van der Waals surface area contributed by atoms with Gasteiger partial charge in [-0.1, -0.05) is 0 Å². The van der Waals surface area contributed by atoms with Crippen molar-refractivity contribution in [1.29, 1.82) is 0 Å². The third-order valence-corrected chi connectivity index (χ3v) is 2.71. The van der Waals surface area contributed by atoms with E-state index < -0.39 is 5.63 Å². The Hall–Kier alpha value is -2.43. The minimum atomic E-state index is -0.420. The number of methoxy groups -OCH3 is 3. The van der Waals surface area contributed by atoms with Crippen LogP contribution in [0.4, 0.5) is 0 Å². The van der Waals surface area contributed by atoms with Crippen molar-refractivity contribution >= 4 is 0 Å². The fourth-order valence-electron chi connectivity index (χ4n) is 1.82. The molecule has 0 spiro atoms. The Balaban J connectivity index is 2.66. The van der Waals surface area contributed by atoms with Crippen LogP contribution >= 0.6 is 0 Å². The van der Waals surface area contributed by atoms with Crippen LogP contribution in [0.15, 0.2) is 39.7 Å². The fraction of sp³-hybridized carbons (Fsp3) is 0.214. The molecule has 2 rings (SSSR count). The first-order valence-corrected chi connectivity index (χ1v) is 5.59. The lowest BCUT2D eigenvalue weighted by Gasteiger charge is -2.13. The average Bonchev–Trinajstić information content (AvgIpc) is 2.46. The predicted molar refractivity (Wildman–Crippen MR) is 70.1 cm³/mol. The molecule has 0 aliphatic rings. The standard InChI is InChI=1S/C14H14O5/c1-16-11-7-9(8-12(17-2)13(11)18-3)10-5-4-6-19-14(10)15/h4-8H,1-3H3. The van der Waals surface area contributed by atoms with Gasteiger partial charge in [-0.2, -0.15) is 0 Å². The van der Waals surface area contributed by atoms with Crippen molar-refractivity contribution in [1.82, 2.24) is 0 Å². The molecule has 0 bridgehead atoms. The highest BCUT2D eigenvalue weighted by Crippen LogP contribution is 2.40. The van der Waals surface area contributed by atoms with Crippen molar-refractivity contribution in [3.05, 3.63) is 40.9 Å². The number of benzene rings is 1. The zero-order chi connectivity index (χ0) is 13.8. The Kier molecular flexibility index (Phi) is 3.75. The van der Waals surface area contributed by atoms with Crippen LogP contribution < -0.4 is 19.8 Å². The Morgan fingerprint density at radius 1 is 1.00 bits per heavy atom. The molecule has 0 amide bonds. The lowest BCUT2D eigenvalue weighted by atomic mass is 10.1. The van der Waals surface area contributed by atoms with Gasteiger partial charge in [0.05, 0.1) is 33.2 Å². The van der Waals surface area contributed by atoms with Crippen molar-refractivity contribution in [3.8, 4) is 28.4 Å². The zero-order valence-corrected chi connectivity index (χ0v) is 10.9. The lowest BCUT2D eigenvalue weighted by molar-refractivity contribution is 0.324. The summed E-state index contributed by atoms with van der Waals surface area (Å²) in [6.45, 7) is 0. The highest BCUT2D eigenvalue weighted by molar-refractivity contribution is 5.70. The highest BCUT2D eigenvalue weighted by atomic mass is 16.5. The van der Waals surface area contributed by atoms with Crippen LogP contribution in [0, 0.1) is 0 Å². The van der Waals surface area contributed by atoms with E-state index in [0.29, 0.717) is 28.4 Å². The molecule has 0 aliphatic heterocycles. The first kappa shape index (κ1) is 13.0. The smallest absolute Gasteiger partial charge is 0.343 e. The van der Waals surface area contributed by atoms with E-state index in [-0.39, 0.29) is 0 Å². The molecule has 0 atom stereocenters. The maximum atomic E-state index is 11.7. The van der Waals surface area contributed by atoms with Gasteiger partial charge in [0.25, 0.3) is 0 Å². The van der Waals surface area contributed by atoms with E-state index in [9.17, 15) is 4.79 Å². The summed E-state index contributed by atoms with van der Waals surface area (Å²) in [6, 6.07) is 6.73. The van der Waals surface area contributed by atoms with Crippen molar-refractivity contribution in [3.63, 3.8) is 0 Å². The van der Waals surface area contributed by atoms with Gasteiger partial charge in [0, 0.05) is 0 Å². The second-order valence-corrected chi connectivity index (χ2v) is 3.73. The SMILES string of the molecule is COc1cc(-c2cccoc2=O)cc(OC)c1OC. The van der Waals surface area contributed by atoms with Gasteiger partial charge in [0.1, 0.15) is 0 Å². The predicted octanol–water partition coefficient (Wildman–Crippen LogP) is 2.33. The largest absolute Gasteiger partial charge is 0.493 e. The van der Waals surface area contributed by atoms with E-state index in [4.69, 9.17) is 18.6 Å². The summed E-state index contributed by atoms with van der Waals surface area (Å²) in [4.78, 5) is 11.7. The lowest BCUT2D eigenvalue weighted by Crippen LogP contribution is -2.02. The van der Waals surface area contributed by atoms with Crippen molar-refractivity contribution < 1.29 is 18.6 Å². The quantitative estimate of drug-likeness (QED) is 0.846. The minimum Gasteiger partial charge on any atom is -0.493 e. The van der Waals surface area contributed by atoms with Crippen LogP contribution in [0.5, 0.6) is 17.2 Å². The van der Waals surface area contributed by atoms with Crippen LogP contribution in [-0.2, 0) is 0 Å². The first-order chi connectivity index (χ1) is 9.21. The summed E-state index contributed by atoms with van der Waals surface area (Å²) in [7, 11) is 4.57. The minimum absolute atomic E-state index is 0.420. The number of ether oxygens (including phenoxy) is 3. The topological polar surface area (TPSA) is 57.9 Å². The van der Waals surface area contributed by atoms with Gasteiger partial charge >= 0.3 is 5.63 Å². The summed E-state index contributed by atoms with van der Waals surface area (Å²) in [5.41, 5.74) is 0.655. The van der Waals surface area contributed by atoms with Gasteiger partial charge in [-0.15, -0.1) is 0 Å². The maximum absolute atomic E-state index is 11.7. The summed E-state index contributed by atoms with van der Waals surface area (Å²) in [5.74, 6) is 1.45. The van der Waals surface area contributed by atoms with E-state index in [0.717, 1.165) is 0 Å². The molecule has 100 valence electrons. The molecule has 0 saturated carbocycles. The van der Waals surface area contributed by atoms with Crippen LogP contribution in [0.2, 0.25) is 0 Å². The van der Waals surface area contributed by atoms with Crippen molar-refractivity contribution in [2.45, 2.75) is 0 Å². The number of hydrogen-bond acceptors (Lipinski definition) is 5. The van der Waals surface area contributed by atoms with E-state index in [2.05, 4.69) is 0 Å². The van der Waals surface area contributed by atoms with Gasteiger partial charge in [-0.3, -0.25) is 0 Å². The van der Waals surface area contributed by atoms with Gasteiger partial charge in [0.2, 0.25) is 5.75 Å². The molecular formula is C14H14O5. The summed E-state index contributed by atoms with van der Waals surface area (Å²) < 4.78 is 20.6. The van der Waals surface area contributed by atoms with Crippen LogP contribution in [0.3, 0.4) is 0 Å². The summed E-state index contributed by atoms with van der Waals surface area (Å²) in [5, 5.41) is 0. The average molecular weight is 262 g/mol. The molecule has 5 heteroatoms. The van der Waals surface area contributed by atoms with Gasteiger partial charge < -0.3 is 18.6 Å². The molecule has 2 aromatic rings. The monoisotopic (exact) mass is 262 g/mol. The molecule has 19 heavy (non-hydrogen) atoms. The molecule has 0 saturated heterocycles. The summed E-state index contributed by atoms with van der Waals surface area (Å²) in [6.07, 6.45) is 1.34. The van der Waals surface area contributed by atoms with Gasteiger partial charge in [0.15, 0.2) is 11.5 Å².